The highest BCUT2D eigenvalue weighted by Gasteiger charge is 2.45. The number of hydrogen-bond acceptors (Lipinski definition) is 14. The zero-order valence-electron chi connectivity index (χ0n) is 31.9. The van der Waals surface area contributed by atoms with Crippen LogP contribution < -0.4 is 10.1 Å². The fourth-order valence-electron chi connectivity index (χ4n) is 7.13. The van der Waals surface area contributed by atoms with Crippen molar-refractivity contribution in [2.24, 2.45) is 4.99 Å². The molecule has 0 spiro atoms. The number of phosphoric ester groups is 2. The number of hydrogen-bond donors (Lipinski definition) is 4. The molecule has 6 aromatic carbocycles. The van der Waals surface area contributed by atoms with E-state index in [4.69, 9.17) is 18.5 Å². The number of nitrogens with one attached hydrogen (secondary N) is 1. The molecule has 2 aliphatic rings. The number of sulfone groups is 1. The topological polar surface area (TPSA) is 229 Å². The van der Waals surface area contributed by atoms with Crippen molar-refractivity contribution >= 4 is 77.1 Å². The Morgan fingerprint density at radius 2 is 1.39 bits per heavy atom. The van der Waals surface area contributed by atoms with Gasteiger partial charge in [0, 0.05) is 23.7 Å². The van der Waals surface area contributed by atoms with Crippen LogP contribution in [0, 0.1) is 0 Å². The Balaban J connectivity index is 0.880. The fourth-order valence-corrected chi connectivity index (χ4v) is 12.1. The average Bonchev–Trinajstić information content (AvgIpc) is 3.60. The molecule has 0 aromatic heterocycles. The van der Waals surface area contributed by atoms with Gasteiger partial charge in [-0.05, 0) is 63.3 Å². The number of aliphatic imine (C=N–C) groups is 1. The second-order valence-corrected chi connectivity index (χ2v) is 20.6. The summed E-state index contributed by atoms with van der Waals surface area (Å²) in [7, 11) is -21.2. The third kappa shape index (κ3) is 9.98. The van der Waals surface area contributed by atoms with Crippen molar-refractivity contribution in [3.8, 4) is 5.75 Å². The lowest BCUT2D eigenvalue weighted by atomic mass is 9.94. The summed E-state index contributed by atoms with van der Waals surface area (Å²) in [5.41, 5.74) is 0.808. The van der Waals surface area contributed by atoms with E-state index in [-0.39, 0.29) is 11.3 Å². The van der Waals surface area contributed by atoms with Gasteiger partial charge < -0.3 is 34.4 Å². The van der Waals surface area contributed by atoms with E-state index in [1.165, 1.54) is 6.07 Å². The summed E-state index contributed by atoms with van der Waals surface area (Å²) in [4.78, 5) is 37.0. The summed E-state index contributed by atoms with van der Waals surface area (Å²) in [5, 5.41) is 7.87. The van der Waals surface area contributed by atoms with Crippen LogP contribution in [0.2, 0.25) is 0 Å². The van der Waals surface area contributed by atoms with E-state index in [9.17, 15) is 36.8 Å². The van der Waals surface area contributed by atoms with Gasteiger partial charge in [-0.3, -0.25) is 9.05 Å². The number of ether oxygens (including phenoxy) is 2. The van der Waals surface area contributed by atoms with Crippen molar-refractivity contribution in [1.29, 1.82) is 0 Å². The van der Waals surface area contributed by atoms with E-state index in [0.29, 0.717) is 22.8 Å². The van der Waals surface area contributed by atoms with Crippen molar-refractivity contribution < 1.29 is 63.9 Å². The van der Waals surface area contributed by atoms with Crippen LogP contribution in [0.25, 0.3) is 32.3 Å². The Hall–Kier alpha value is -4.77. The minimum atomic E-state index is -5.89. The molecule has 2 heterocycles. The second kappa shape index (κ2) is 17.2. The average molecular weight is 910 g/mol. The predicted molar refractivity (Wildman–Crippen MR) is 228 cm³/mol. The summed E-state index contributed by atoms with van der Waals surface area (Å²) >= 11 is 0. The van der Waals surface area contributed by atoms with E-state index in [0.717, 1.165) is 32.6 Å². The first-order valence-corrected chi connectivity index (χ1v) is 24.7. The van der Waals surface area contributed by atoms with Crippen LogP contribution in [0.3, 0.4) is 0 Å². The molecule has 61 heavy (non-hydrogen) atoms. The van der Waals surface area contributed by atoms with E-state index in [2.05, 4.69) is 25.5 Å². The molecule has 1 fully saturated rings. The summed E-state index contributed by atoms with van der Waals surface area (Å²) in [6.07, 6.45) is 0.929. The molecule has 0 amide bonds. The number of benzene rings is 6. The summed E-state index contributed by atoms with van der Waals surface area (Å²) in [6, 6.07) is 34.1. The van der Waals surface area contributed by atoms with Crippen LogP contribution in [0.1, 0.15) is 6.42 Å². The molecule has 17 nitrogen and oxygen atoms in total. The van der Waals surface area contributed by atoms with Crippen LogP contribution in [-0.2, 0) is 45.9 Å². The molecule has 0 saturated carbocycles. The van der Waals surface area contributed by atoms with E-state index < -0.39 is 70.7 Å². The highest BCUT2D eigenvalue weighted by molar-refractivity contribution is 7.91. The minimum absolute atomic E-state index is 0.0600. The first-order valence-electron chi connectivity index (χ1n) is 18.6. The van der Waals surface area contributed by atoms with Gasteiger partial charge in [-0.1, -0.05) is 91.5 Å². The van der Waals surface area contributed by atoms with Crippen LogP contribution in [0.5, 0.6) is 5.75 Å². The molecule has 6 aromatic rings. The first-order chi connectivity index (χ1) is 29.0. The predicted octanol–water partition coefficient (Wildman–Crippen LogP) is 8.10. The lowest BCUT2D eigenvalue weighted by molar-refractivity contribution is -0.0524. The zero-order chi connectivity index (χ0) is 43.0. The standard InChI is InChI=1S/C40H38N3O14P3S/c1-27-41-37(42-31-11-4-2-5-12-31)21-22-43(27)38-25-34(54-32-13-6-3-7-14-32)35(55-38)26-53-59(46,47)57-60(48,49)56-58(44,45)52-23-24-61(50,51)36-20-18-30-16-15-28-9-8-10-29-17-19-33(36)40(30)39(28)29/h2-22,34-35,38H,1,23-26H2,(H,41,42)(H,44,45)(H,46,47)(H,48,49)/t34?,35-,38-/m1/s1. The number of phosphoric acid groups is 3. The quantitative estimate of drug-likeness (QED) is 0.0531. The maximum atomic E-state index is 13.5. The zero-order valence-corrected chi connectivity index (χ0v) is 35.4. The molecule has 2 aliphatic heterocycles. The van der Waals surface area contributed by atoms with Crippen molar-refractivity contribution in [3.63, 3.8) is 0 Å². The lowest BCUT2D eigenvalue weighted by Gasteiger charge is -2.29. The minimum Gasteiger partial charge on any atom is -0.487 e. The Labute approximate surface area is 349 Å². The number of anilines is 1. The normalized spacial score (nSPS) is 21.3. The largest absolute Gasteiger partial charge is 0.490 e. The molecule has 21 heteroatoms. The Kier molecular flexibility index (Phi) is 12.1. The van der Waals surface area contributed by atoms with Crippen LogP contribution in [0.15, 0.2) is 150 Å². The molecule has 0 aliphatic carbocycles. The molecular weight excluding hydrogens is 871 g/mol. The van der Waals surface area contributed by atoms with Crippen LogP contribution in [-0.4, -0.2) is 71.2 Å². The number of para-hydroxylation sites is 2. The highest BCUT2D eigenvalue weighted by Crippen LogP contribution is 2.67. The third-order valence-electron chi connectivity index (χ3n) is 9.75. The van der Waals surface area contributed by atoms with Crippen molar-refractivity contribution in [2.45, 2.75) is 29.8 Å². The number of nitrogens with zero attached hydrogens (tertiary/aromatic N) is 2. The van der Waals surface area contributed by atoms with Crippen molar-refractivity contribution in [2.75, 3.05) is 24.3 Å². The lowest BCUT2D eigenvalue weighted by Crippen LogP contribution is -2.33. The van der Waals surface area contributed by atoms with Gasteiger partial charge in [0.05, 0.1) is 23.9 Å². The van der Waals surface area contributed by atoms with Gasteiger partial charge in [0.2, 0.25) is 0 Å². The molecule has 4 N–H and O–H groups in total. The number of amidine groups is 1. The highest BCUT2D eigenvalue weighted by atomic mass is 32.2. The van der Waals surface area contributed by atoms with Gasteiger partial charge in [0.1, 0.15) is 35.8 Å². The van der Waals surface area contributed by atoms with Gasteiger partial charge >= 0.3 is 23.5 Å². The van der Waals surface area contributed by atoms with Crippen molar-refractivity contribution in [1.82, 2.24) is 4.90 Å². The molecule has 6 atom stereocenters. The number of rotatable bonds is 16. The monoisotopic (exact) mass is 909 g/mol. The molecular formula is C40H38N3O14P3S. The Morgan fingerprint density at radius 3 is 2.08 bits per heavy atom. The fraction of sp³-hybridized carbons (Fsp3) is 0.175. The van der Waals surface area contributed by atoms with Gasteiger partial charge in [-0.15, -0.1) is 0 Å². The summed E-state index contributed by atoms with van der Waals surface area (Å²) in [6.45, 7) is 2.32. The molecule has 8 rings (SSSR count). The van der Waals surface area contributed by atoms with Gasteiger partial charge in [0.25, 0.3) is 0 Å². The van der Waals surface area contributed by atoms with Gasteiger partial charge in [0.15, 0.2) is 9.84 Å². The third-order valence-corrected chi connectivity index (χ3v) is 15.8. The summed E-state index contributed by atoms with van der Waals surface area (Å²) < 4.78 is 95.9. The second-order valence-electron chi connectivity index (χ2n) is 13.9. The smallest absolute Gasteiger partial charge is 0.487 e. The maximum Gasteiger partial charge on any atom is 0.490 e. The molecule has 318 valence electrons. The Bertz CT molecular complexity index is 2900. The van der Waals surface area contributed by atoms with E-state index >= 15 is 0 Å². The first kappa shape index (κ1) is 42.9. The van der Waals surface area contributed by atoms with Gasteiger partial charge in [-0.25, -0.2) is 27.1 Å². The van der Waals surface area contributed by atoms with Crippen LogP contribution >= 0.6 is 23.5 Å². The Morgan fingerprint density at radius 1 is 0.770 bits per heavy atom. The van der Waals surface area contributed by atoms with Gasteiger partial charge in [-0.2, -0.15) is 8.62 Å². The summed E-state index contributed by atoms with van der Waals surface area (Å²) in [5.74, 6) is 0.428. The molecule has 0 radical (unpaired) electrons. The van der Waals surface area contributed by atoms with E-state index in [1.54, 1.807) is 65.7 Å². The molecule has 0 bridgehead atoms. The van der Waals surface area contributed by atoms with Crippen LogP contribution in [0.4, 0.5) is 5.69 Å². The molecule has 4 unspecified atom stereocenters. The SMILES string of the molecule is C=C1N=C(Nc2ccccc2)C=CN1[C@H]1CC(Oc2ccccc2)[C@@H](COP(=O)(O)OP(=O)(O)OP(=O)(O)OCCS(=O)(=O)c2ccc3ccc4cccc5ccc2c3c45)O1. The van der Waals surface area contributed by atoms with Crippen molar-refractivity contribution in [3.05, 3.63) is 140 Å². The van der Waals surface area contributed by atoms with E-state index in [1.807, 2.05) is 60.7 Å². The maximum absolute atomic E-state index is 13.5. The molecule has 1 saturated heterocycles.